The van der Waals surface area contributed by atoms with E-state index < -0.39 is 11.4 Å². The van der Waals surface area contributed by atoms with Gasteiger partial charge in [0.2, 0.25) is 0 Å². The smallest absolute Gasteiger partial charge is 0.333 e. The summed E-state index contributed by atoms with van der Waals surface area (Å²) in [7, 11) is 0. The lowest BCUT2D eigenvalue weighted by molar-refractivity contribution is 0.0922. The number of aromatic amines is 1. The van der Waals surface area contributed by atoms with Gasteiger partial charge in [-0.3, -0.25) is 23.8 Å². The Morgan fingerprint density at radius 3 is 2.48 bits per heavy atom. The second-order valence-electron chi connectivity index (χ2n) is 8.66. The average molecular weight is 473 g/mol. The van der Waals surface area contributed by atoms with Crippen LogP contribution in [-0.4, -0.2) is 47.8 Å². The summed E-state index contributed by atoms with van der Waals surface area (Å²) < 4.78 is 16.9. The zero-order valence-corrected chi connectivity index (χ0v) is 18.8. The average Bonchev–Trinajstić information content (AvgIpc) is 3.37. The number of carbonyl (C=O) groups is 1. The molecule has 0 bridgehead atoms. The minimum atomic E-state index is -0.596. The molecule has 3 aromatic rings. The van der Waals surface area contributed by atoms with Crippen molar-refractivity contribution < 1.29 is 9.18 Å². The minimum absolute atomic E-state index is 0.0449. The number of fused-ring (bicyclic) bond motifs is 1. The molecule has 11 heteroatoms. The van der Waals surface area contributed by atoms with Crippen LogP contribution in [0.3, 0.4) is 0 Å². The number of amides is 1. The topological polar surface area (TPSA) is 115 Å². The summed E-state index contributed by atoms with van der Waals surface area (Å²) in [6, 6.07) is 0.781. The second-order valence-corrected chi connectivity index (χ2v) is 9.89. The summed E-state index contributed by atoms with van der Waals surface area (Å²) in [6.45, 7) is 0. The maximum atomic E-state index is 14.0. The largest absolute Gasteiger partial charge is 0.349 e. The zero-order chi connectivity index (χ0) is 22.9. The number of pyridine rings is 1. The molecule has 1 amide bonds. The summed E-state index contributed by atoms with van der Waals surface area (Å²) in [6.07, 6.45) is 8.10. The number of hydrogen-bond acceptors (Lipinski definition) is 6. The Hall–Kier alpha value is -2.95. The Morgan fingerprint density at radius 1 is 1.06 bits per heavy atom. The first-order valence-electron chi connectivity index (χ1n) is 11.2. The molecular weight excluding hydrogens is 447 g/mol. The quantitative estimate of drug-likeness (QED) is 0.603. The Bertz CT molecular complexity index is 1270. The molecule has 1 saturated heterocycles. The van der Waals surface area contributed by atoms with Crippen LogP contribution in [0.15, 0.2) is 34.2 Å². The maximum Gasteiger partial charge on any atom is 0.333 e. The molecule has 33 heavy (non-hydrogen) atoms. The van der Waals surface area contributed by atoms with Crippen molar-refractivity contribution >= 4 is 28.7 Å². The normalized spacial score (nSPS) is 21.8. The maximum absolute atomic E-state index is 14.0. The second kappa shape index (κ2) is 9.12. The van der Waals surface area contributed by atoms with Gasteiger partial charge in [-0.2, -0.15) is 16.9 Å². The van der Waals surface area contributed by atoms with Crippen LogP contribution in [0.25, 0.3) is 11.0 Å². The fourth-order valence-electron chi connectivity index (χ4n) is 4.92. The Kier molecular flexibility index (Phi) is 6.05. The molecule has 9 nitrogen and oxygen atoms in total. The van der Waals surface area contributed by atoms with Gasteiger partial charge in [0, 0.05) is 24.3 Å². The summed E-state index contributed by atoms with van der Waals surface area (Å²) in [5, 5.41) is 9.54. The van der Waals surface area contributed by atoms with Crippen molar-refractivity contribution in [2.75, 3.05) is 11.5 Å². The SMILES string of the molecule is O=C(NC1CCC(n2c(=O)c3cc(F)cnc3n(C3CCSCC3)c2=O)CC1)c1cn[nH]c1. The molecule has 2 aliphatic rings. The first-order valence-corrected chi connectivity index (χ1v) is 12.4. The summed E-state index contributed by atoms with van der Waals surface area (Å²) in [5.74, 6) is 1.07. The molecule has 2 fully saturated rings. The van der Waals surface area contributed by atoms with Crippen LogP contribution < -0.4 is 16.6 Å². The Labute approximate surface area is 192 Å². The van der Waals surface area contributed by atoms with Crippen molar-refractivity contribution in [3.05, 3.63) is 56.9 Å². The standard InChI is InChI=1S/C22H25FN6O3S/c23-14-9-18-19(24-12-14)28(17-5-7-33-8-6-17)22(32)29(21(18)31)16-3-1-15(2-4-16)27-20(30)13-10-25-26-11-13/h9-12,15-17H,1-8H2,(H,25,26)(H,27,30). The highest BCUT2D eigenvalue weighted by Crippen LogP contribution is 2.30. The van der Waals surface area contributed by atoms with Crippen molar-refractivity contribution in [3.8, 4) is 0 Å². The van der Waals surface area contributed by atoms with Gasteiger partial charge in [-0.05, 0) is 56.1 Å². The third-order valence-electron chi connectivity index (χ3n) is 6.64. The highest BCUT2D eigenvalue weighted by Gasteiger charge is 2.29. The van der Waals surface area contributed by atoms with E-state index in [1.54, 1.807) is 4.57 Å². The summed E-state index contributed by atoms with van der Waals surface area (Å²) >= 11 is 1.84. The van der Waals surface area contributed by atoms with E-state index in [2.05, 4.69) is 20.5 Å². The first kappa shape index (κ1) is 21.9. The van der Waals surface area contributed by atoms with E-state index in [1.807, 2.05) is 11.8 Å². The van der Waals surface area contributed by atoms with Gasteiger partial charge < -0.3 is 5.32 Å². The van der Waals surface area contributed by atoms with Crippen LogP contribution in [-0.2, 0) is 0 Å². The zero-order valence-electron chi connectivity index (χ0n) is 18.0. The molecule has 2 N–H and O–H groups in total. The summed E-state index contributed by atoms with van der Waals surface area (Å²) in [4.78, 5) is 43.4. The number of nitrogens with one attached hydrogen (secondary N) is 2. The molecule has 5 rings (SSSR count). The van der Waals surface area contributed by atoms with Gasteiger partial charge in [-0.25, -0.2) is 14.2 Å². The number of hydrogen-bond donors (Lipinski definition) is 2. The predicted octanol–water partition coefficient (Wildman–Crippen LogP) is 2.40. The lowest BCUT2D eigenvalue weighted by Crippen LogP contribution is -2.46. The lowest BCUT2D eigenvalue weighted by Gasteiger charge is -2.31. The van der Waals surface area contributed by atoms with Crippen LogP contribution in [0.1, 0.15) is 61.0 Å². The van der Waals surface area contributed by atoms with Gasteiger partial charge in [0.1, 0.15) is 11.5 Å². The van der Waals surface area contributed by atoms with Crippen LogP contribution in [0.2, 0.25) is 0 Å². The fraction of sp³-hybridized carbons (Fsp3) is 0.500. The van der Waals surface area contributed by atoms with Gasteiger partial charge >= 0.3 is 5.69 Å². The van der Waals surface area contributed by atoms with Gasteiger partial charge in [0.05, 0.1) is 23.3 Å². The number of rotatable bonds is 4. The van der Waals surface area contributed by atoms with Gasteiger partial charge in [-0.1, -0.05) is 0 Å². The van der Waals surface area contributed by atoms with E-state index in [0.29, 0.717) is 31.2 Å². The minimum Gasteiger partial charge on any atom is -0.349 e. The Morgan fingerprint density at radius 2 is 1.79 bits per heavy atom. The highest BCUT2D eigenvalue weighted by atomic mass is 32.2. The molecular formula is C22H25FN6O3S. The molecule has 4 heterocycles. The number of aromatic nitrogens is 5. The van der Waals surface area contributed by atoms with Crippen LogP contribution in [0.5, 0.6) is 0 Å². The first-order chi connectivity index (χ1) is 16.0. The third-order valence-corrected chi connectivity index (χ3v) is 7.69. The van der Waals surface area contributed by atoms with Crippen LogP contribution >= 0.6 is 11.8 Å². The van der Waals surface area contributed by atoms with E-state index in [0.717, 1.165) is 30.5 Å². The van der Waals surface area contributed by atoms with E-state index in [9.17, 15) is 18.8 Å². The van der Waals surface area contributed by atoms with Crippen molar-refractivity contribution in [1.82, 2.24) is 29.6 Å². The number of nitrogens with zero attached hydrogens (tertiary/aromatic N) is 4. The lowest BCUT2D eigenvalue weighted by atomic mass is 9.90. The van der Waals surface area contributed by atoms with Crippen molar-refractivity contribution in [2.24, 2.45) is 0 Å². The van der Waals surface area contributed by atoms with Gasteiger partial charge in [-0.15, -0.1) is 0 Å². The van der Waals surface area contributed by atoms with E-state index in [1.165, 1.54) is 23.0 Å². The predicted molar refractivity (Wildman–Crippen MR) is 123 cm³/mol. The number of thioether (sulfide) groups is 1. The monoisotopic (exact) mass is 472 g/mol. The molecule has 3 aromatic heterocycles. The van der Waals surface area contributed by atoms with E-state index in [-0.39, 0.29) is 40.8 Å². The number of carbonyl (C=O) groups excluding carboxylic acids is 1. The van der Waals surface area contributed by atoms with E-state index >= 15 is 0 Å². The fourth-order valence-corrected chi connectivity index (χ4v) is 6.00. The highest BCUT2D eigenvalue weighted by molar-refractivity contribution is 7.99. The van der Waals surface area contributed by atoms with E-state index in [4.69, 9.17) is 0 Å². The molecule has 1 aliphatic carbocycles. The molecule has 0 unspecified atom stereocenters. The molecule has 0 aromatic carbocycles. The Balaban J connectivity index is 1.45. The molecule has 1 aliphatic heterocycles. The van der Waals surface area contributed by atoms with Gasteiger partial charge in [0.15, 0.2) is 0 Å². The molecule has 0 radical (unpaired) electrons. The van der Waals surface area contributed by atoms with Crippen LogP contribution in [0.4, 0.5) is 4.39 Å². The number of halogens is 1. The molecule has 174 valence electrons. The van der Waals surface area contributed by atoms with Crippen molar-refractivity contribution in [3.63, 3.8) is 0 Å². The molecule has 0 spiro atoms. The van der Waals surface area contributed by atoms with Crippen molar-refractivity contribution in [2.45, 2.75) is 56.7 Å². The van der Waals surface area contributed by atoms with Gasteiger partial charge in [0.25, 0.3) is 11.5 Å². The number of H-pyrrole nitrogens is 1. The molecule has 0 atom stereocenters. The van der Waals surface area contributed by atoms with Crippen LogP contribution in [0, 0.1) is 5.82 Å². The van der Waals surface area contributed by atoms with Crippen molar-refractivity contribution in [1.29, 1.82) is 0 Å². The molecule has 1 saturated carbocycles. The summed E-state index contributed by atoms with van der Waals surface area (Å²) in [5.41, 5.74) is -0.129. The third kappa shape index (κ3) is 4.21.